The molecule has 0 aliphatic carbocycles. The van der Waals surface area contributed by atoms with E-state index in [9.17, 15) is 0 Å². The average Bonchev–Trinajstić information content (AvgIpc) is 2.66. The molecule has 1 saturated heterocycles. The highest BCUT2D eigenvalue weighted by molar-refractivity contribution is 5.92. The van der Waals surface area contributed by atoms with Crippen LogP contribution in [0.5, 0.6) is 11.5 Å². The summed E-state index contributed by atoms with van der Waals surface area (Å²) < 4.78 is 11.0. The van der Waals surface area contributed by atoms with Crippen LogP contribution < -0.4 is 20.1 Å². The van der Waals surface area contributed by atoms with E-state index in [2.05, 4.69) is 48.2 Å². The maximum absolute atomic E-state index is 5.49. The van der Waals surface area contributed by atoms with Crippen molar-refractivity contribution in [1.29, 1.82) is 0 Å². The Morgan fingerprint density at radius 3 is 2.21 bits per heavy atom. The van der Waals surface area contributed by atoms with Gasteiger partial charge in [-0.1, -0.05) is 0 Å². The van der Waals surface area contributed by atoms with Crippen LogP contribution in [0.4, 0.5) is 11.8 Å². The van der Waals surface area contributed by atoms with Gasteiger partial charge >= 0.3 is 0 Å². The fourth-order valence-corrected chi connectivity index (χ4v) is 3.64. The molecule has 2 heterocycles. The van der Waals surface area contributed by atoms with Crippen LogP contribution in [0.25, 0.3) is 10.9 Å². The summed E-state index contributed by atoms with van der Waals surface area (Å²) in [6.45, 7) is 10.9. The molecular weight excluding hydrogens is 354 g/mol. The molecule has 2 aromatic rings. The van der Waals surface area contributed by atoms with Gasteiger partial charge in [0.05, 0.1) is 19.7 Å². The molecule has 0 spiro atoms. The Labute approximate surface area is 167 Å². The van der Waals surface area contributed by atoms with Gasteiger partial charge in [0.2, 0.25) is 5.95 Å². The predicted octanol–water partition coefficient (Wildman–Crippen LogP) is 3.75. The molecule has 3 rings (SSSR count). The average molecular weight is 388 g/mol. The number of aromatic nitrogens is 2. The Morgan fingerprint density at radius 2 is 1.64 bits per heavy atom. The van der Waals surface area contributed by atoms with E-state index in [1.807, 2.05) is 12.1 Å². The maximum atomic E-state index is 5.49. The Hall–Kier alpha value is -2.28. The van der Waals surface area contributed by atoms with Gasteiger partial charge in [0.15, 0.2) is 11.5 Å². The minimum Gasteiger partial charge on any atom is -0.493 e. The SMILES string of the molecule is COc1cc2nc(NC(C)C)nc(NC3CCN(C(C)C)CC3)c2cc1OC. The number of nitrogens with one attached hydrogen (secondary N) is 2. The highest BCUT2D eigenvalue weighted by atomic mass is 16.5. The molecule has 0 unspecified atom stereocenters. The molecule has 0 bridgehead atoms. The second-order valence-electron chi connectivity index (χ2n) is 7.97. The van der Waals surface area contributed by atoms with Crippen molar-refractivity contribution in [2.24, 2.45) is 0 Å². The minimum absolute atomic E-state index is 0.250. The number of hydrogen-bond donors (Lipinski definition) is 2. The van der Waals surface area contributed by atoms with Gasteiger partial charge in [0, 0.05) is 42.7 Å². The zero-order valence-corrected chi connectivity index (χ0v) is 17.9. The Balaban J connectivity index is 1.94. The van der Waals surface area contributed by atoms with E-state index in [4.69, 9.17) is 14.5 Å². The monoisotopic (exact) mass is 387 g/mol. The van der Waals surface area contributed by atoms with Crippen LogP contribution in [0, 0.1) is 0 Å². The first-order valence-electron chi connectivity index (χ1n) is 10.1. The highest BCUT2D eigenvalue weighted by Gasteiger charge is 2.22. The van der Waals surface area contributed by atoms with E-state index < -0.39 is 0 Å². The van der Waals surface area contributed by atoms with Crippen molar-refractivity contribution < 1.29 is 9.47 Å². The lowest BCUT2D eigenvalue weighted by Crippen LogP contribution is -2.42. The van der Waals surface area contributed by atoms with Crippen molar-refractivity contribution in [3.05, 3.63) is 12.1 Å². The standard InChI is InChI=1S/C21H33N5O2/c1-13(2)22-21-24-17-12-19(28-6)18(27-5)11-16(17)20(25-21)23-15-7-9-26(10-8-15)14(3)4/h11-15H,7-10H2,1-6H3,(H2,22,23,24,25). The zero-order valence-electron chi connectivity index (χ0n) is 17.9. The first-order valence-corrected chi connectivity index (χ1v) is 10.1. The third-order valence-corrected chi connectivity index (χ3v) is 5.22. The molecule has 0 saturated carbocycles. The molecule has 2 N–H and O–H groups in total. The first-order chi connectivity index (χ1) is 13.4. The summed E-state index contributed by atoms with van der Waals surface area (Å²) in [6.07, 6.45) is 2.20. The second kappa shape index (κ2) is 8.82. The molecular formula is C21H33N5O2. The number of rotatable bonds is 7. The van der Waals surface area contributed by atoms with E-state index >= 15 is 0 Å². The van der Waals surface area contributed by atoms with Gasteiger partial charge in [-0.2, -0.15) is 4.98 Å². The number of likely N-dealkylation sites (tertiary alicyclic amines) is 1. The van der Waals surface area contributed by atoms with Gasteiger partial charge in [-0.05, 0) is 46.6 Å². The van der Waals surface area contributed by atoms with Gasteiger partial charge in [-0.3, -0.25) is 0 Å². The Kier molecular flexibility index (Phi) is 6.44. The summed E-state index contributed by atoms with van der Waals surface area (Å²) in [5.41, 5.74) is 0.831. The molecule has 0 atom stereocenters. The van der Waals surface area contributed by atoms with Gasteiger partial charge in [-0.15, -0.1) is 0 Å². The minimum atomic E-state index is 0.250. The number of piperidine rings is 1. The lowest BCUT2D eigenvalue weighted by atomic mass is 10.0. The number of anilines is 2. The van der Waals surface area contributed by atoms with E-state index in [-0.39, 0.29) is 6.04 Å². The fraction of sp³-hybridized carbons (Fsp3) is 0.619. The van der Waals surface area contributed by atoms with Crippen LogP contribution in [-0.2, 0) is 0 Å². The molecule has 1 aromatic heterocycles. The highest BCUT2D eigenvalue weighted by Crippen LogP contribution is 2.35. The third kappa shape index (κ3) is 4.58. The van der Waals surface area contributed by atoms with E-state index in [0.717, 1.165) is 42.7 Å². The van der Waals surface area contributed by atoms with Crippen LogP contribution in [0.1, 0.15) is 40.5 Å². The number of methoxy groups -OCH3 is 2. The predicted molar refractivity (Wildman–Crippen MR) is 115 cm³/mol. The van der Waals surface area contributed by atoms with Crippen molar-refractivity contribution in [3.8, 4) is 11.5 Å². The topological polar surface area (TPSA) is 71.5 Å². The van der Waals surface area contributed by atoms with Crippen molar-refractivity contribution in [2.45, 2.75) is 58.7 Å². The fourth-order valence-electron chi connectivity index (χ4n) is 3.64. The van der Waals surface area contributed by atoms with Crippen molar-refractivity contribution >= 4 is 22.7 Å². The lowest BCUT2D eigenvalue weighted by Gasteiger charge is -2.35. The smallest absolute Gasteiger partial charge is 0.225 e. The van der Waals surface area contributed by atoms with E-state index in [1.165, 1.54) is 0 Å². The zero-order chi connectivity index (χ0) is 20.3. The normalized spacial score (nSPS) is 16.0. The molecule has 0 amide bonds. The van der Waals surface area contributed by atoms with Gasteiger partial charge in [0.25, 0.3) is 0 Å². The van der Waals surface area contributed by atoms with Crippen molar-refractivity contribution in [1.82, 2.24) is 14.9 Å². The summed E-state index contributed by atoms with van der Waals surface area (Å²) in [7, 11) is 3.29. The molecule has 7 heteroatoms. The number of hydrogen-bond acceptors (Lipinski definition) is 7. The summed E-state index contributed by atoms with van der Waals surface area (Å²) in [5.74, 6) is 2.81. The van der Waals surface area contributed by atoms with Gasteiger partial charge in [0.1, 0.15) is 5.82 Å². The molecule has 1 aliphatic rings. The summed E-state index contributed by atoms with van der Waals surface area (Å²) >= 11 is 0. The van der Waals surface area contributed by atoms with E-state index in [1.54, 1.807) is 14.2 Å². The maximum Gasteiger partial charge on any atom is 0.225 e. The molecule has 1 fully saturated rings. The lowest BCUT2D eigenvalue weighted by molar-refractivity contribution is 0.177. The largest absolute Gasteiger partial charge is 0.493 e. The number of nitrogens with zero attached hydrogens (tertiary/aromatic N) is 3. The van der Waals surface area contributed by atoms with Crippen LogP contribution in [-0.4, -0.2) is 60.3 Å². The van der Waals surface area contributed by atoms with Gasteiger partial charge in [-0.25, -0.2) is 4.98 Å². The van der Waals surface area contributed by atoms with E-state index in [0.29, 0.717) is 29.5 Å². The van der Waals surface area contributed by atoms with Gasteiger partial charge < -0.3 is 25.0 Å². The molecule has 1 aromatic carbocycles. The molecule has 7 nitrogen and oxygen atoms in total. The summed E-state index contributed by atoms with van der Waals surface area (Å²) in [6, 6.07) is 5.11. The Bertz CT molecular complexity index is 801. The van der Waals surface area contributed by atoms with Crippen LogP contribution >= 0.6 is 0 Å². The summed E-state index contributed by atoms with van der Waals surface area (Å²) in [5, 5.41) is 7.93. The van der Waals surface area contributed by atoms with Crippen LogP contribution in [0.2, 0.25) is 0 Å². The van der Waals surface area contributed by atoms with Crippen LogP contribution in [0.3, 0.4) is 0 Å². The van der Waals surface area contributed by atoms with Crippen molar-refractivity contribution in [2.75, 3.05) is 37.9 Å². The summed E-state index contributed by atoms with van der Waals surface area (Å²) in [4.78, 5) is 12.0. The first kappa shape index (κ1) is 20.5. The molecule has 1 aliphatic heterocycles. The quantitative estimate of drug-likeness (QED) is 0.749. The molecule has 154 valence electrons. The number of benzene rings is 1. The second-order valence-corrected chi connectivity index (χ2v) is 7.97. The number of fused-ring (bicyclic) bond motifs is 1. The van der Waals surface area contributed by atoms with Crippen LogP contribution in [0.15, 0.2) is 12.1 Å². The third-order valence-electron chi connectivity index (χ3n) is 5.22. The Morgan fingerprint density at radius 1 is 1.00 bits per heavy atom. The molecule has 0 radical (unpaired) electrons. The molecule has 28 heavy (non-hydrogen) atoms. The number of ether oxygens (including phenoxy) is 2. The van der Waals surface area contributed by atoms with Crippen molar-refractivity contribution in [3.63, 3.8) is 0 Å².